The fraction of sp³-hybridized carbons (Fsp3) is 0.143. The highest BCUT2D eigenvalue weighted by Crippen LogP contribution is 2.41. The third-order valence-corrected chi connectivity index (χ3v) is 7.98. The number of benzene rings is 3. The normalized spacial score (nSPS) is 17.0. The van der Waals surface area contributed by atoms with E-state index in [9.17, 15) is 4.79 Å². The summed E-state index contributed by atoms with van der Waals surface area (Å²) in [6.07, 6.45) is 3.78. The van der Waals surface area contributed by atoms with Crippen LogP contribution in [0.2, 0.25) is 0 Å². The number of hydrogen-bond acceptors (Lipinski definition) is 4. The smallest absolute Gasteiger partial charge is 0.271 e. The number of halogens is 1. The largest absolute Gasteiger partial charge is 0.497 e. The van der Waals surface area contributed by atoms with Gasteiger partial charge in [0.05, 0.1) is 23.4 Å². The number of ether oxygens (including phenoxy) is 1. The Balaban J connectivity index is 1.59. The fourth-order valence-electron chi connectivity index (χ4n) is 4.82. The SMILES string of the molecule is COc1ccc(C=c2sc3n(c2=O)C(c2ccc(Br)cc2)C2=C(N=3)c3ccccc3CC2)cc1. The molecule has 1 aliphatic carbocycles. The van der Waals surface area contributed by atoms with Gasteiger partial charge in [0, 0.05) is 10.0 Å². The Hall–Kier alpha value is -3.22. The van der Waals surface area contributed by atoms with Crippen LogP contribution in [0, 0.1) is 0 Å². The van der Waals surface area contributed by atoms with E-state index < -0.39 is 0 Å². The van der Waals surface area contributed by atoms with E-state index in [2.05, 4.69) is 52.3 Å². The van der Waals surface area contributed by atoms with Gasteiger partial charge in [0.1, 0.15) is 5.75 Å². The highest BCUT2D eigenvalue weighted by Gasteiger charge is 2.32. The van der Waals surface area contributed by atoms with Crippen LogP contribution in [0.15, 0.2) is 92.6 Å². The van der Waals surface area contributed by atoms with Gasteiger partial charge in [-0.25, -0.2) is 4.99 Å². The van der Waals surface area contributed by atoms with Gasteiger partial charge < -0.3 is 4.74 Å². The van der Waals surface area contributed by atoms with Crippen LogP contribution >= 0.6 is 27.3 Å². The van der Waals surface area contributed by atoms with Gasteiger partial charge in [-0.1, -0.05) is 75.8 Å². The number of fused-ring (bicyclic) bond motifs is 3. The van der Waals surface area contributed by atoms with E-state index in [1.807, 2.05) is 47.0 Å². The minimum absolute atomic E-state index is 0.00195. The second kappa shape index (κ2) is 8.53. The molecule has 1 aromatic heterocycles. The van der Waals surface area contributed by atoms with Gasteiger partial charge >= 0.3 is 0 Å². The molecule has 2 heterocycles. The summed E-state index contributed by atoms with van der Waals surface area (Å²) in [5, 5.41) is 0. The van der Waals surface area contributed by atoms with Gasteiger partial charge in [-0.15, -0.1) is 0 Å². The number of hydrogen-bond donors (Lipinski definition) is 0. The molecule has 2 aliphatic rings. The lowest BCUT2D eigenvalue weighted by Crippen LogP contribution is -2.38. The summed E-state index contributed by atoms with van der Waals surface area (Å²) in [7, 11) is 1.65. The van der Waals surface area contributed by atoms with Crippen molar-refractivity contribution in [1.82, 2.24) is 4.57 Å². The topological polar surface area (TPSA) is 43.6 Å². The van der Waals surface area contributed by atoms with Gasteiger partial charge in [-0.3, -0.25) is 9.36 Å². The van der Waals surface area contributed by atoms with Crippen molar-refractivity contribution in [1.29, 1.82) is 0 Å². The first-order chi connectivity index (χ1) is 16.6. The molecule has 168 valence electrons. The quantitative estimate of drug-likeness (QED) is 0.371. The molecule has 1 unspecified atom stereocenters. The molecule has 0 saturated heterocycles. The standard InChI is InChI=1S/C28H21BrN2O2S/c1-33-21-13-6-17(7-14-21)16-24-27(32)31-26(19-8-11-20(29)12-9-19)23-15-10-18-4-2-3-5-22(18)25(23)30-28(31)34-24/h2-9,11-14,16,26H,10,15H2,1H3. The minimum atomic E-state index is -0.161. The first kappa shape index (κ1) is 21.3. The molecule has 6 heteroatoms. The van der Waals surface area contributed by atoms with E-state index in [1.165, 1.54) is 28.0 Å². The Kier molecular flexibility index (Phi) is 5.35. The number of aryl methyl sites for hydroxylation is 1. The lowest BCUT2D eigenvalue weighted by atomic mass is 9.83. The Morgan fingerprint density at radius 1 is 1.03 bits per heavy atom. The molecular weight excluding hydrogens is 508 g/mol. The van der Waals surface area contributed by atoms with E-state index in [1.54, 1.807) is 7.11 Å². The van der Waals surface area contributed by atoms with Crippen LogP contribution in [-0.2, 0) is 6.42 Å². The molecule has 4 nitrogen and oxygen atoms in total. The molecule has 6 rings (SSSR count). The summed E-state index contributed by atoms with van der Waals surface area (Å²) in [4.78, 5) is 19.5. The predicted octanol–water partition coefficient (Wildman–Crippen LogP) is 5.09. The van der Waals surface area contributed by atoms with Gasteiger partial charge in [0.25, 0.3) is 5.56 Å². The van der Waals surface area contributed by atoms with Crippen molar-refractivity contribution in [2.45, 2.75) is 18.9 Å². The number of allylic oxidation sites excluding steroid dienone is 1. The molecule has 0 amide bonds. The van der Waals surface area contributed by atoms with Crippen molar-refractivity contribution in [2.75, 3.05) is 7.11 Å². The summed E-state index contributed by atoms with van der Waals surface area (Å²) >= 11 is 5.00. The molecule has 34 heavy (non-hydrogen) atoms. The third-order valence-electron chi connectivity index (χ3n) is 6.47. The van der Waals surface area contributed by atoms with Gasteiger partial charge in [-0.2, -0.15) is 0 Å². The van der Waals surface area contributed by atoms with Gasteiger partial charge in [0.2, 0.25) is 0 Å². The van der Waals surface area contributed by atoms with Crippen LogP contribution in [0.25, 0.3) is 11.8 Å². The maximum atomic E-state index is 13.7. The summed E-state index contributed by atoms with van der Waals surface area (Å²) < 4.78 is 8.85. The highest BCUT2D eigenvalue weighted by molar-refractivity contribution is 9.10. The molecule has 4 aromatic rings. The third kappa shape index (κ3) is 3.58. The second-order valence-corrected chi connectivity index (χ2v) is 10.4. The summed E-state index contributed by atoms with van der Waals surface area (Å²) in [5.74, 6) is 0.792. The Labute approximate surface area is 209 Å². The van der Waals surface area contributed by atoms with Gasteiger partial charge in [0.15, 0.2) is 4.80 Å². The molecule has 0 fully saturated rings. The van der Waals surface area contributed by atoms with Crippen LogP contribution in [0.4, 0.5) is 0 Å². The lowest BCUT2D eigenvalue weighted by Gasteiger charge is -2.30. The van der Waals surface area contributed by atoms with Crippen molar-refractivity contribution in [3.8, 4) is 5.75 Å². The van der Waals surface area contributed by atoms with Gasteiger partial charge in [-0.05, 0) is 65.4 Å². The average Bonchev–Trinajstić information content (AvgIpc) is 3.18. The van der Waals surface area contributed by atoms with Crippen molar-refractivity contribution < 1.29 is 4.74 Å². The number of methoxy groups -OCH3 is 1. The Morgan fingerprint density at radius 3 is 2.56 bits per heavy atom. The van der Waals surface area contributed by atoms with Crippen LogP contribution < -0.4 is 19.6 Å². The molecule has 0 bridgehead atoms. The molecule has 0 spiro atoms. The maximum Gasteiger partial charge on any atom is 0.271 e. The number of nitrogens with zero attached hydrogens (tertiary/aromatic N) is 2. The zero-order valence-corrected chi connectivity index (χ0v) is 20.9. The zero-order chi connectivity index (χ0) is 23.2. The molecule has 0 N–H and O–H groups in total. The zero-order valence-electron chi connectivity index (χ0n) is 18.5. The van der Waals surface area contributed by atoms with E-state index in [0.717, 1.165) is 44.7 Å². The number of thiazole rings is 1. The van der Waals surface area contributed by atoms with E-state index in [0.29, 0.717) is 4.53 Å². The van der Waals surface area contributed by atoms with Crippen LogP contribution in [0.1, 0.15) is 34.7 Å². The molecule has 1 atom stereocenters. The second-order valence-electron chi connectivity index (χ2n) is 8.44. The number of aromatic nitrogens is 1. The molecule has 1 aliphatic heterocycles. The summed E-state index contributed by atoms with van der Waals surface area (Å²) in [5.41, 5.74) is 6.78. The number of rotatable bonds is 3. The van der Waals surface area contributed by atoms with Crippen LogP contribution in [0.5, 0.6) is 5.75 Å². The molecule has 3 aromatic carbocycles. The molecule has 0 radical (unpaired) electrons. The van der Waals surface area contributed by atoms with Crippen LogP contribution in [0.3, 0.4) is 0 Å². The predicted molar refractivity (Wildman–Crippen MR) is 140 cm³/mol. The van der Waals surface area contributed by atoms with Crippen molar-refractivity contribution in [3.63, 3.8) is 0 Å². The highest BCUT2D eigenvalue weighted by atomic mass is 79.9. The first-order valence-corrected chi connectivity index (χ1v) is 12.8. The van der Waals surface area contributed by atoms with Crippen molar-refractivity contribution >= 4 is 39.0 Å². The lowest BCUT2D eigenvalue weighted by molar-refractivity contribution is 0.415. The Bertz CT molecular complexity index is 1610. The molecular formula is C28H21BrN2O2S. The van der Waals surface area contributed by atoms with E-state index in [4.69, 9.17) is 9.73 Å². The molecule has 0 saturated carbocycles. The Morgan fingerprint density at radius 2 is 1.79 bits per heavy atom. The fourth-order valence-corrected chi connectivity index (χ4v) is 6.08. The average molecular weight is 529 g/mol. The monoisotopic (exact) mass is 528 g/mol. The van der Waals surface area contributed by atoms with E-state index in [-0.39, 0.29) is 11.6 Å². The minimum Gasteiger partial charge on any atom is -0.497 e. The van der Waals surface area contributed by atoms with E-state index >= 15 is 0 Å². The summed E-state index contributed by atoms with van der Waals surface area (Å²) in [6, 6.07) is 24.4. The van der Waals surface area contributed by atoms with Crippen molar-refractivity contribution in [3.05, 3.63) is 125 Å². The first-order valence-electron chi connectivity index (χ1n) is 11.1. The van der Waals surface area contributed by atoms with Crippen molar-refractivity contribution in [2.24, 2.45) is 4.99 Å². The maximum absolute atomic E-state index is 13.7. The van der Waals surface area contributed by atoms with Crippen LogP contribution in [-0.4, -0.2) is 11.7 Å². The summed E-state index contributed by atoms with van der Waals surface area (Å²) in [6.45, 7) is 0.